The van der Waals surface area contributed by atoms with Crippen LogP contribution in [0.2, 0.25) is 0 Å². The molecule has 0 spiro atoms. The van der Waals surface area contributed by atoms with E-state index in [4.69, 9.17) is 23.7 Å². The summed E-state index contributed by atoms with van der Waals surface area (Å²) in [7, 11) is 1.42. The number of esters is 2. The fourth-order valence-electron chi connectivity index (χ4n) is 3.46. The highest BCUT2D eigenvalue weighted by Gasteiger charge is 2.25. The van der Waals surface area contributed by atoms with Crippen LogP contribution in [-0.2, 0) is 9.53 Å². The minimum atomic E-state index is -0.680. The highest BCUT2D eigenvalue weighted by Crippen LogP contribution is 2.34. The smallest absolute Gasteiger partial charge is 0.363 e. The van der Waals surface area contributed by atoms with Gasteiger partial charge in [-0.05, 0) is 54.1 Å². The van der Waals surface area contributed by atoms with Crippen LogP contribution in [-0.4, -0.2) is 36.7 Å². The van der Waals surface area contributed by atoms with Crippen LogP contribution in [0.25, 0.3) is 6.08 Å². The molecule has 0 saturated heterocycles. The number of rotatable bonds is 6. The van der Waals surface area contributed by atoms with E-state index in [1.807, 2.05) is 0 Å². The van der Waals surface area contributed by atoms with Crippen LogP contribution in [0.5, 0.6) is 23.0 Å². The number of non-ortho nitro benzene ring substituents is 1. The van der Waals surface area contributed by atoms with Gasteiger partial charge in [0.1, 0.15) is 0 Å². The molecule has 0 N–H and O–H groups in total. The lowest BCUT2D eigenvalue weighted by atomic mass is 10.1. The summed E-state index contributed by atoms with van der Waals surface area (Å²) in [5.74, 6) is 0.162. The lowest BCUT2D eigenvalue weighted by Crippen LogP contribution is -2.09. The van der Waals surface area contributed by atoms with Gasteiger partial charge in [0.25, 0.3) is 5.69 Å². The van der Waals surface area contributed by atoms with Gasteiger partial charge in [-0.15, -0.1) is 0 Å². The number of nitro benzene ring substituents is 1. The maximum Gasteiger partial charge on any atom is 0.363 e. The molecule has 0 amide bonds. The number of carbonyl (C=O) groups excluding carboxylic acids is 2. The normalized spacial score (nSPS) is 14.9. The Morgan fingerprint density at radius 1 is 1.03 bits per heavy atom. The first-order valence-electron chi connectivity index (χ1n) is 10.5. The highest BCUT2D eigenvalue weighted by atomic mass is 16.7. The first-order valence-corrected chi connectivity index (χ1v) is 10.5. The third-order valence-electron chi connectivity index (χ3n) is 5.25. The molecular weight excluding hydrogens is 472 g/mol. The Bertz CT molecular complexity index is 1460. The van der Waals surface area contributed by atoms with Gasteiger partial charge in [-0.1, -0.05) is 6.07 Å². The number of benzene rings is 3. The fourth-order valence-corrected chi connectivity index (χ4v) is 3.46. The van der Waals surface area contributed by atoms with Gasteiger partial charge in [-0.25, -0.2) is 14.6 Å². The molecule has 0 fully saturated rings. The van der Waals surface area contributed by atoms with Crippen molar-refractivity contribution in [1.29, 1.82) is 0 Å². The molecule has 0 saturated carbocycles. The van der Waals surface area contributed by atoms with Crippen molar-refractivity contribution in [2.24, 2.45) is 4.99 Å². The van der Waals surface area contributed by atoms with Crippen molar-refractivity contribution in [2.45, 2.75) is 0 Å². The third-order valence-corrected chi connectivity index (χ3v) is 5.25. The van der Waals surface area contributed by atoms with Crippen LogP contribution in [0.15, 0.2) is 71.4 Å². The Balaban J connectivity index is 1.35. The average molecular weight is 488 g/mol. The molecule has 2 aliphatic rings. The first kappa shape index (κ1) is 22.6. The van der Waals surface area contributed by atoms with E-state index in [1.54, 1.807) is 24.3 Å². The summed E-state index contributed by atoms with van der Waals surface area (Å²) in [4.78, 5) is 39.4. The molecule has 180 valence electrons. The predicted octanol–water partition coefficient (Wildman–Crippen LogP) is 3.90. The quantitative estimate of drug-likeness (QED) is 0.166. The molecule has 0 aliphatic carbocycles. The van der Waals surface area contributed by atoms with Gasteiger partial charge in [-0.3, -0.25) is 10.1 Å². The Labute approximate surface area is 203 Å². The van der Waals surface area contributed by atoms with Crippen LogP contribution >= 0.6 is 0 Å². The van der Waals surface area contributed by atoms with E-state index in [-0.39, 0.29) is 41.1 Å². The van der Waals surface area contributed by atoms with Gasteiger partial charge in [-0.2, -0.15) is 0 Å². The molecule has 0 radical (unpaired) electrons. The second-order valence-electron chi connectivity index (χ2n) is 7.51. The lowest BCUT2D eigenvalue weighted by Gasteiger charge is -2.10. The monoisotopic (exact) mass is 488 g/mol. The van der Waals surface area contributed by atoms with E-state index in [0.717, 1.165) is 0 Å². The van der Waals surface area contributed by atoms with Crippen LogP contribution < -0.4 is 18.9 Å². The predicted molar refractivity (Wildman–Crippen MR) is 124 cm³/mol. The molecule has 2 heterocycles. The first-order chi connectivity index (χ1) is 17.4. The average Bonchev–Trinajstić information content (AvgIpc) is 3.50. The summed E-state index contributed by atoms with van der Waals surface area (Å²) in [5, 5.41) is 10.8. The molecule has 11 heteroatoms. The molecule has 0 bridgehead atoms. The number of methoxy groups -OCH3 is 1. The third kappa shape index (κ3) is 4.44. The minimum absolute atomic E-state index is 0.0236. The van der Waals surface area contributed by atoms with E-state index >= 15 is 0 Å². The van der Waals surface area contributed by atoms with Gasteiger partial charge in [0, 0.05) is 17.7 Å². The summed E-state index contributed by atoms with van der Waals surface area (Å²) >= 11 is 0. The molecule has 3 aromatic carbocycles. The van der Waals surface area contributed by atoms with Crippen molar-refractivity contribution in [3.05, 3.63) is 93.2 Å². The van der Waals surface area contributed by atoms with Crippen molar-refractivity contribution in [2.75, 3.05) is 13.9 Å². The van der Waals surface area contributed by atoms with Crippen molar-refractivity contribution in [3.8, 4) is 23.0 Å². The Morgan fingerprint density at radius 3 is 2.56 bits per heavy atom. The lowest BCUT2D eigenvalue weighted by molar-refractivity contribution is -0.384. The summed E-state index contributed by atoms with van der Waals surface area (Å²) in [6.45, 7) is 0.0889. The maximum atomic E-state index is 12.6. The molecule has 36 heavy (non-hydrogen) atoms. The molecule has 11 nitrogen and oxygen atoms in total. The van der Waals surface area contributed by atoms with Gasteiger partial charge >= 0.3 is 11.9 Å². The second-order valence-corrected chi connectivity index (χ2v) is 7.51. The molecule has 3 aromatic rings. The molecule has 0 atom stereocenters. The number of nitro groups is 1. The van der Waals surface area contributed by atoms with Gasteiger partial charge in [0.15, 0.2) is 28.7 Å². The zero-order chi connectivity index (χ0) is 25.2. The molecular formula is C25H16N2O9. The van der Waals surface area contributed by atoms with Crippen molar-refractivity contribution in [1.82, 2.24) is 0 Å². The van der Waals surface area contributed by atoms with Gasteiger partial charge in [0.2, 0.25) is 12.7 Å². The number of carbonyl (C=O) groups is 2. The summed E-state index contributed by atoms with van der Waals surface area (Å²) < 4.78 is 26.6. The van der Waals surface area contributed by atoms with Gasteiger partial charge < -0.3 is 23.7 Å². The number of fused-ring (bicyclic) bond motifs is 1. The standard InChI is InChI=1S/C25H16N2O9/c1-32-21-11-14(2-8-20(21)35-24(28)16-5-9-19-22(12-16)34-13-33-19)10-18-25(29)36-23(26-18)15-3-6-17(7-4-15)27(30)31/h2-12H,13H2,1H3. The molecule has 0 unspecified atom stereocenters. The Hall–Kier alpha value is -5.19. The summed E-state index contributed by atoms with van der Waals surface area (Å²) in [5.41, 5.74) is 1.16. The van der Waals surface area contributed by atoms with E-state index in [2.05, 4.69) is 4.99 Å². The highest BCUT2D eigenvalue weighted by molar-refractivity contribution is 6.12. The zero-order valence-corrected chi connectivity index (χ0v) is 18.6. The summed E-state index contributed by atoms with van der Waals surface area (Å²) in [6, 6.07) is 14.9. The van der Waals surface area contributed by atoms with Crippen molar-refractivity contribution in [3.63, 3.8) is 0 Å². The number of ether oxygens (including phenoxy) is 5. The van der Waals surface area contributed by atoms with E-state index in [0.29, 0.717) is 22.6 Å². The van der Waals surface area contributed by atoms with Gasteiger partial charge in [0.05, 0.1) is 17.6 Å². The van der Waals surface area contributed by atoms with Crippen molar-refractivity contribution < 1.29 is 38.2 Å². The number of hydrogen-bond acceptors (Lipinski definition) is 10. The minimum Gasteiger partial charge on any atom is -0.493 e. The number of hydrogen-bond donors (Lipinski definition) is 0. The number of nitrogens with zero attached hydrogens (tertiary/aromatic N) is 2. The number of cyclic esters (lactones) is 1. The Kier molecular flexibility index (Phi) is 5.79. The summed E-state index contributed by atoms with van der Waals surface area (Å²) in [6.07, 6.45) is 1.48. The van der Waals surface area contributed by atoms with E-state index in [1.165, 1.54) is 49.6 Å². The van der Waals surface area contributed by atoms with Crippen molar-refractivity contribution >= 4 is 29.6 Å². The van der Waals surface area contributed by atoms with Crippen LogP contribution in [0.1, 0.15) is 21.5 Å². The molecule has 2 aliphatic heterocycles. The van der Waals surface area contributed by atoms with Crippen LogP contribution in [0, 0.1) is 10.1 Å². The zero-order valence-electron chi connectivity index (χ0n) is 18.6. The van der Waals surface area contributed by atoms with Crippen LogP contribution in [0.4, 0.5) is 5.69 Å². The Morgan fingerprint density at radius 2 is 1.81 bits per heavy atom. The van der Waals surface area contributed by atoms with E-state index < -0.39 is 16.9 Å². The SMILES string of the molecule is COc1cc(C=C2N=C(c3ccc([N+](=O)[O-])cc3)OC2=O)ccc1OC(=O)c1ccc2c(c1)OCO2. The topological polar surface area (TPSA) is 136 Å². The maximum absolute atomic E-state index is 12.6. The second kappa shape index (κ2) is 9.22. The van der Waals surface area contributed by atoms with E-state index in [9.17, 15) is 19.7 Å². The molecule has 0 aromatic heterocycles. The number of aliphatic imine (C=N–C) groups is 1. The largest absolute Gasteiger partial charge is 0.493 e. The molecule has 5 rings (SSSR count). The fraction of sp³-hybridized carbons (Fsp3) is 0.0800. The van der Waals surface area contributed by atoms with Crippen LogP contribution in [0.3, 0.4) is 0 Å².